The normalized spacial score (nSPS) is 17.6. The van der Waals surface area contributed by atoms with Crippen LogP contribution in [0.2, 0.25) is 0 Å². The number of piperazine rings is 1. The van der Waals surface area contributed by atoms with Crippen molar-refractivity contribution in [1.82, 2.24) is 19.8 Å². The molecule has 1 saturated heterocycles. The maximum atomic E-state index is 11.5. The van der Waals surface area contributed by atoms with Crippen LogP contribution < -0.4 is 10.0 Å². The molecule has 9 heteroatoms. The summed E-state index contributed by atoms with van der Waals surface area (Å²) in [5.74, 6) is 1.55. The predicted octanol–water partition coefficient (Wildman–Crippen LogP) is 1.17. The van der Waals surface area contributed by atoms with E-state index >= 15 is 0 Å². The lowest BCUT2D eigenvalue weighted by Crippen LogP contribution is -2.53. The van der Waals surface area contributed by atoms with Crippen molar-refractivity contribution >= 4 is 40.0 Å². The monoisotopic (exact) mass is 489 g/mol. The van der Waals surface area contributed by atoms with Gasteiger partial charge in [-0.1, -0.05) is 13.8 Å². The van der Waals surface area contributed by atoms with Crippen LogP contribution in [0.4, 0.5) is 0 Å². The van der Waals surface area contributed by atoms with Gasteiger partial charge < -0.3 is 10.2 Å². The maximum absolute atomic E-state index is 11.5. The molecule has 7 nitrogen and oxygen atoms in total. The molecule has 0 spiro atoms. The molecule has 1 fully saturated rings. The van der Waals surface area contributed by atoms with Crippen LogP contribution in [-0.4, -0.2) is 81.8 Å². The Hall–Kier alpha value is -0.130. The summed E-state index contributed by atoms with van der Waals surface area (Å²) in [5, 5.41) is 3.32. The fourth-order valence-electron chi connectivity index (χ4n) is 2.89. The van der Waals surface area contributed by atoms with E-state index in [0.29, 0.717) is 12.5 Å². The lowest BCUT2D eigenvalue weighted by molar-refractivity contribution is 0.164. The van der Waals surface area contributed by atoms with Crippen LogP contribution >= 0.6 is 24.0 Å². The average Bonchev–Trinajstić information content (AvgIpc) is 2.41. The number of hydrogen-bond donors (Lipinski definition) is 2. The summed E-state index contributed by atoms with van der Waals surface area (Å²) in [6.45, 7) is 16.5. The molecule has 0 aromatic carbocycles. The second-order valence-electron chi connectivity index (χ2n) is 7.61. The maximum Gasteiger partial charge on any atom is 0.209 e. The number of guanidine groups is 1. The van der Waals surface area contributed by atoms with Gasteiger partial charge >= 0.3 is 0 Å². The van der Waals surface area contributed by atoms with Gasteiger partial charge in [0.15, 0.2) is 5.96 Å². The lowest BCUT2D eigenvalue weighted by atomic mass is 10.1. The molecular weight excluding hydrogens is 453 g/mol. The van der Waals surface area contributed by atoms with E-state index in [1.165, 1.54) is 6.26 Å². The van der Waals surface area contributed by atoms with Crippen LogP contribution in [-0.2, 0) is 10.0 Å². The van der Waals surface area contributed by atoms with E-state index in [1.807, 2.05) is 20.8 Å². The summed E-state index contributed by atoms with van der Waals surface area (Å²) in [6, 6.07) is 0. The molecular formula is C16H36IN5O2S. The van der Waals surface area contributed by atoms with E-state index in [4.69, 9.17) is 0 Å². The zero-order chi connectivity index (χ0) is 18.4. The van der Waals surface area contributed by atoms with Crippen molar-refractivity contribution in [2.75, 3.05) is 52.1 Å². The third-order valence-electron chi connectivity index (χ3n) is 3.72. The van der Waals surface area contributed by atoms with E-state index in [2.05, 4.69) is 38.7 Å². The fourth-order valence-corrected chi connectivity index (χ4v) is 3.96. The molecule has 0 bridgehead atoms. The smallest absolute Gasteiger partial charge is 0.209 e. The Morgan fingerprint density at radius 2 is 1.76 bits per heavy atom. The standard InChI is InChI=1S/C16H35N5O2S.HI/c1-7-17-15(18-13-16(4,5)19-24(6,22)23)21-10-8-20(9-11-21)12-14(2)3;/h14,19H,7-13H2,1-6H3,(H,17,18);1H. The number of sulfonamides is 1. The second kappa shape index (κ2) is 10.9. The van der Waals surface area contributed by atoms with Crippen molar-refractivity contribution in [2.45, 2.75) is 40.2 Å². The first-order valence-electron chi connectivity index (χ1n) is 8.77. The first kappa shape index (κ1) is 24.9. The summed E-state index contributed by atoms with van der Waals surface area (Å²) in [6.07, 6.45) is 1.18. The Kier molecular flexibility index (Phi) is 10.8. The van der Waals surface area contributed by atoms with E-state index < -0.39 is 15.6 Å². The molecule has 0 aromatic rings. The molecule has 0 atom stereocenters. The van der Waals surface area contributed by atoms with Gasteiger partial charge in [0.25, 0.3) is 0 Å². The van der Waals surface area contributed by atoms with Crippen LogP contribution in [0, 0.1) is 5.92 Å². The summed E-state index contributed by atoms with van der Waals surface area (Å²) < 4.78 is 25.5. The van der Waals surface area contributed by atoms with E-state index in [-0.39, 0.29) is 24.0 Å². The highest BCUT2D eigenvalue weighted by Crippen LogP contribution is 2.08. The Morgan fingerprint density at radius 3 is 2.20 bits per heavy atom. The summed E-state index contributed by atoms with van der Waals surface area (Å²) in [5.41, 5.74) is -0.603. The molecule has 0 aliphatic carbocycles. The van der Waals surface area contributed by atoms with Gasteiger partial charge in [-0.3, -0.25) is 9.89 Å². The molecule has 0 aromatic heterocycles. The van der Waals surface area contributed by atoms with Gasteiger partial charge in [0, 0.05) is 44.8 Å². The Labute approximate surface area is 171 Å². The van der Waals surface area contributed by atoms with Crippen molar-refractivity contribution in [3.8, 4) is 0 Å². The van der Waals surface area contributed by atoms with Gasteiger partial charge in [-0.25, -0.2) is 13.1 Å². The second-order valence-corrected chi connectivity index (χ2v) is 9.36. The third-order valence-corrected chi connectivity index (χ3v) is 4.64. The molecule has 2 N–H and O–H groups in total. The van der Waals surface area contributed by atoms with Crippen LogP contribution in [0.1, 0.15) is 34.6 Å². The highest BCUT2D eigenvalue weighted by Gasteiger charge is 2.24. The summed E-state index contributed by atoms with van der Waals surface area (Å²) in [7, 11) is -3.25. The van der Waals surface area contributed by atoms with Crippen molar-refractivity contribution in [2.24, 2.45) is 10.9 Å². The highest BCUT2D eigenvalue weighted by molar-refractivity contribution is 14.0. The first-order chi connectivity index (χ1) is 11.0. The quantitative estimate of drug-likeness (QED) is 0.319. The van der Waals surface area contributed by atoms with Gasteiger partial charge in [0.1, 0.15) is 0 Å². The van der Waals surface area contributed by atoms with Crippen LogP contribution in [0.5, 0.6) is 0 Å². The zero-order valence-corrected chi connectivity index (χ0v) is 19.6. The predicted molar refractivity (Wildman–Crippen MR) is 116 cm³/mol. The minimum absolute atomic E-state index is 0. The minimum atomic E-state index is -3.25. The number of aliphatic imine (C=N–C) groups is 1. The number of hydrogen-bond acceptors (Lipinski definition) is 4. The van der Waals surface area contributed by atoms with Gasteiger partial charge in [0.2, 0.25) is 10.0 Å². The van der Waals surface area contributed by atoms with E-state index in [0.717, 1.165) is 45.2 Å². The number of rotatable bonds is 7. The Morgan fingerprint density at radius 1 is 1.20 bits per heavy atom. The number of halogens is 1. The molecule has 1 aliphatic rings. The molecule has 1 heterocycles. The van der Waals surface area contributed by atoms with E-state index in [1.54, 1.807) is 0 Å². The first-order valence-corrected chi connectivity index (χ1v) is 10.7. The van der Waals surface area contributed by atoms with Gasteiger partial charge in [-0.15, -0.1) is 24.0 Å². The molecule has 1 aliphatic heterocycles. The highest BCUT2D eigenvalue weighted by atomic mass is 127. The Bertz CT molecular complexity index is 515. The van der Waals surface area contributed by atoms with Crippen LogP contribution in [0.3, 0.4) is 0 Å². The van der Waals surface area contributed by atoms with Crippen molar-refractivity contribution in [1.29, 1.82) is 0 Å². The number of nitrogens with one attached hydrogen (secondary N) is 2. The molecule has 0 saturated carbocycles. The van der Waals surface area contributed by atoms with Crippen molar-refractivity contribution in [3.63, 3.8) is 0 Å². The molecule has 150 valence electrons. The van der Waals surface area contributed by atoms with Crippen LogP contribution in [0.25, 0.3) is 0 Å². The van der Waals surface area contributed by atoms with Crippen molar-refractivity contribution in [3.05, 3.63) is 0 Å². The SMILES string of the molecule is CCNC(=NCC(C)(C)NS(C)(=O)=O)N1CCN(CC(C)C)CC1.I. The molecule has 0 amide bonds. The lowest BCUT2D eigenvalue weighted by Gasteiger charge is -2.37. The molecule has 1 rings (SSSR count). The minimum Gasteiger partial charge on any atom is -0.357 e. The van der Waals surface area contributed by atoms with Gasteiger partial charge in [-0.05, 0) is 26.7 Å². The summed E-state index contributed by atoms with van der Waals surface area (Å²) >= 11 is 0. The number of nitrogens with zero attached hydrogens (tertiary/aromatic N) is 3. The fraction of sp³-hybridized carbons (Fsp3) is 0.938. The third kappa shape index (κ3) is 10.6. The average molecular weight is 489 g/mol. The van der Waals surface area contributed by atoms with Gasteiger partial charge in [-0.2, -0.15) is 0 Å². The van der Waals surface area contributed by atoms with Crippen LogP contribution in [0.15, 0.2) is 4.99 Å². The largest absolute Gasteiger partial charge is 0.357 e. The summed E-state index contributed by atoms with van der Waals surface area (Å²) in [4.78, 5) is 9.41. The Balaban J connectivity index is 0.00000576. The van der Waals surface area contributed by atoms with Crippen molar-refractivity contribution < 1.29 is 8.42 Å². The molecule has 0 unspecified atom stereocenters. The topological polar surface area (TPSA) is 77.0 Å². The van der Waals surface area contributed by atoms with Gasteiger partial charge in [0.05, 0.1) is 12.8 Å². The van der Waals surface area contributed by atoms with E-state index in [9.17, 15) is 8.42 Å². The zero-order valence-electron chi connectivity index (χ0n) is 16.5. The molecule has 25 heavy (non-hydrogen) atoms. The molecule has 0 radical (unpaired) electrons.